The molecule has 28 heavy (non-hydrogen) atoms. The van der Waals surface area contributed by atoms with Crippen LogP contribution in [0.2, 0.25) is 18.1 Å². The molecule has 1 saturated heterocycles. The predicted octanol–water partition coefficient (Wildman–Crippen LogP) is 4.93. The molecule has 0 bridgehead atoms. The van der Waals surface area contributed by atoms with E-state index in [0.717, 1.165) is 5.56 Å². The van der Waals surface area contributed by atoms with Gasteiger partial charge in [0.15, 0.2) is 8.32 Å². The zero-order chi connectivity index (χ0) is 21.1. The van der Waals surface area contributed by atoms with Crippen LogP contribution in [0.15, 0.2) is 42.0 Å². The van der Waals surface area contributed by atoms with Crippen molar-refractivity contribution in [2.75, 3.05) is 6.61 Å². The predicted molar refractivity (Wildman–Crippen MR) is 114 cm³/mol. The number of carbonyl (C=O) groups is 2. The lowest BCUT2D eigenvalue weighted by molar-refractivity contribution is -0.126. The Balaban J connectivity index is 2.19. The molecule has 0 N–H and O–H groups in total. The molecule has 0 saturated carbocycles. The van der Waals surface area contributed by atoms with E-state index < -0.39 is 14.4 Å². The Morgan fingerprint density at radius 3 is 2.46 bits per heavy atom. The van der Waals surface area contributed by atoms with E-state index in [-0.39, 0.29) is 29.7 Å². The van der Waals surface area contributed by atoms with Gasteiger partial charge >= 0.3 is 6.09 Å². The Bertz CT molecular complexity index is 737. The molecule has 6 heteroatoms. The van der Waals surface area contributed by atoms with Crippen LogP contribution >= 0.6 is 0 Å². The maximum atomic E-state index is 13.3. The van der Waals surface area contributed by atoms with Crippen LogP contribution in [0.5, 0.6) is 0 Å². The molecular formula is C22H33NO4Si. The molecule has 1 aromatic rings. The molecule has 1 aliphatic rings. The number of ether oxygens (including phenoxy) is 1. The van der Waals surface area contributed by atoms with Crippen molar-refractivity contribution in [1.29, 1.82) is 0 Å². The summed E-state index contributed by atoms with van der Waals surface area (Å²) in [5, 5.41) is 0.0333. The van der Waals surface area contributed by atoms with E-state index in [2.05, 4.69) is 33.9 Å². The van der Waals surface area contributed by atoms with Crippen molar-refractivity contribution in [1.82, 2.24) is 4.90 Å². The molecule has 2 atom stereocenters. The number of amides is 2. The average Bonchev–Trinajstić information content (AvgIpc) is 2.95. The van der Waals surface area contributed by atoms with Crippen molar-refractivity contribution < 1.29 is 18.8 Å². The Labute approximate surface area is 169 Å². The monoisotopic (exact) mass is 403 g/mol. The van der Waals surface area contributed by atoms with Crippen LogP contribution in [-0.4, -0.2) is 44.0 Å². The van der Waals surface area contributed by atoms with Crippen LogP contribution in [0.1, 0.15) is 40.2 Å². The van der Waals surface area contributed by atoms with Gasteiger partial charge in [0.1, 0.15) is 6.61 Å². The molecule has 154 valence electrons. The number of allylic oxidation sites excluding steroid dienone is 1. The zero-order valence-corrected chi connectivity index (χ0v) is 19.1. The van der Waals surface area contributed by atoms with E-state index in [1.807, 2.05) is 44.2 Å². The number of carbonyl (C=O) groups excluding carboxylic acids is 2. The third-order valence-electron chi connectivity index (χ3n) is 5.77. The second-order valence-electron chi connectivity index (χ2n) is 8.86. The minimum Gasteiger partial charge on any atom is -0.447 e. The van der Waals surface area contributed by atoms with Gasteiger partial charge in [0.2, 0.25) is 0 Å². The summed E-state index contributed by atoms with van der Waals surface area (Å²) in [6.07, 6.45) is 1.37. The molecule has 1 aliphatic heterocycles. The largest absolute Gasteiger partial charge is 0.447 e. The lowest BCUT2D eigenvalue weighted by Crippen LogP contribution is -2.47. The number of rotatable bonds is 6. The molecule has 1 aromatic carbocycles. The molecule has 5 nitrogen and oxygen atoms in total. The van der Waals surface area contributed by atoms with Gasteiger partial charge in [0.25, 0.3) is 5.91 Å². The summed E-state index contributed by atoms with van der Waals surface area (Å²) in [5.41, 5.74) is 1.57. The van der Waals surface area contributed by atoms with Crippen molar-refractivity contribution in [2.45, 2.75) is 71.3 Å². The second-order valence-corrected chi connectivity index (χ2v) is 13.6. The number of cyclic esters (lactones) is 1. The molecule has 0 aromatic heterocycles. The fraction of sp³-hybridized carbons (Fsp3) is 0.545. The first-order valence-electron chi connectivity index (χ1n) is 9.86. The number of hydrogen-bond acceptors (Lipinski definition) is 4. The summed E-state index contributed by atoms with van der Waals surface area (Å²) in [6, 6.07) is 9.52. The van der Waals surface area contributed by atoms with Gasteiger partial charge in [-0.1, -0.05) is 57.2 Å². The van der Waals surface area contributed by atoms with Crippen LogP contribution in [-0.2, 0) is 20.4 Å². The standard InChI is InChI=1S/C22H33NO4Si/c1-8-19(16(2)27-28(6,7)22(3,4)5)20(24)23-18(15-26-21(23)25)14-17-12-10-9-11-13-17/h8-13,16,18H,14-15H2,1-7H3/b19-8+. The van der Waals surface area contributed by atoms with Crippen LogP contribution in [0.25, 0.3) is 0 Å². The summed E-state index contributed by atoms with van der Waals surface area (Å²) >= 11 is 0. The average molecular weight is 404 g/mol. The molecule has 1 fully saturated rings. The number of benzene rings is 1. The molecule has 0 aliphatic carbocycles. The van der Waals surface area contributed by atoms with Gasteiger partial charge in [0, 0.05) is 5.57 Å². The van der Waals surface area contributed by atoms with Crippen molar-refractivity contribution >= 4 is 20.3 Å². The Hall–Kier alpha value is -1.92. The molecule has 2 unspecified atom stereocenters. The normalized spacial score (nSPS) is 19.5. The maximum absolute atomic E-state index is 13.3. The summed E-state index contributed by atoms with van der Waals surface area (Å²) in [6.45, 7) is 14.7. The Morgan fingerprint density at radius 1 is 1.32 bits per heavy atom. The van der Waals surface area contributed by atoms with Gasteiger partial charge in [-0.25, -0.2) is 9.69 Å². The highest BCUT2D eigenvalue weighted by Crippen LogP contribution is 2.38. The second kappa shape index (κ2) is 8.62. The third-order valence-corrected chi connectivity index (χ3v) is 10.3. The van der Waals surface area contributed by atoms with Crippen molar-refractivity contribution in [3.05, 3.63) is 47.5 Å². The van der Waals surface area contributed by atoms with E-state index in [1.54, 1.807) is 6.08 Å². The lowest BCUT2D eigenvalue weighted by Gasteiger charge is -2.39. The molecular weight excluding hydrogens is 370 g/mol. The molecule has 2 amide bonds. The van der Waals surface area contributed by atoms with Crippen molar-refractivity contribution in [3.8, 4) is 0 Å². The zero-order valence-electron chi connectivity index (χ0n) is 18.1. The highest BCUT2D eigenvalue weighted by atomic mass is 28.4. The molecule has 0 radical (unpaired) electrons. The van der Waals surface area contributed by atoms with Crippen LogP contribution in [0.3, 0.4) is 0 Å². The quantitative estimate of drug-likeness (QED) is 0.499. The van der Waals surface area contributed by atoms with Gasteiger partial charge in [0.05, 0.1) is 12.1 Å². The third kappa shape index (κ3) is 4.91. The maximum Gasteiger partial charge on any atom is 0.417 e. The minimum absolute atomic E-state index is 0.0333. The van der Waals surface area contributed by atoms with Gasteiger partial charge in [-0.3, -0.25) is 4.79 Å². The number of nitrogens with zero attached hydrogens (tertiary/aromatic N) is 1. The fourth-order valence-corrected chi connectivity index (χ4v) is 4.46. The van der Waals surface area contributed by atoms with Crippen molar-refractivity contribution in [2.24, 2.45) is 0 Å². The first kappa shape index (κ1) is 22.4. The van der Waals surface area contributed by atoms with E-state index in [1.165, 1.54) is 4.90 Å². The van der Waals surface area contributed by atoms with Gasteiger partial charge in [-0.2, -0.15) is 0 Å². The summed E-state index contributed by atoms with van der Waals surface area (Å²) in [7, 11) is -2.06. The van der Waals surface area contributed by atoms with Gasteiger partial charge in [-0.05, 0) is 44.0 Å². The summed E-state index contributed by atoms with van der Waals surface area (Å²) in [4.78, 5) is 26.8. The first-order valence-corrected chi connectivity index (χ1v) is 12.8. The Kier molecular flexibility index (Phi) is 6.88. The topological polar surface area (TPSA) is 55.8 Å². The van der Waals surface area contributed by atoms with E-state index in [0.29, 0.717) is 12.0 Å². The first-order chi connectivity index (χ1) is 13.0. The fourth-order valence-electron chi connectivity index (χ4n) is 3.10. The molecule has 0 spiro atoms. The molecule has 2 rings (SSSR count). The highest BCUT2D eigenvalue weighted by molar-refractivity contribution is 6.74. The lowest BCUT2D eigenvalue weighted by atomic mass is 10.0. The van der Waals surface area contributed by atoms with E-state index in [9.17, 15) is 9.59 Å². The smallest absolute Gasteiger partial charge is 0.417 e. The van der Waals surface area contributed by atoms with Crippen molar-refractivity contribution in [3.63, 3.8) is 0 Å². The van der Waals surface area contributed by atoms with Gasteiger partial charge < -0.3 is 9.16 Å². The Morgan fingerprint density at radius 2 is 1.93 bits per heavy atom. The van der Waals surface area contributed by atoms with Crippen LogP contribution < -0.4 is 0 Å². The van der Waals surface area contributed by atoms with Crippen LogP contribution in [0, 0.1) is 0 Å². The molecule has 1 heterocycles. The highest BCUT2D eigenvalue weighted by Gasteiger charge is 2.43. The summed E-state index contributed by atoms with van der Waals surface area (Å²) < 4.78 is 11.6. The van der Waals surface area contributed by atoms with Crippen LogP contribution in [0.4, 0.5) is 4.79 Å². The SMILES string of the molecule is C/C=C(/C(=O)N1C(=O)OCC1Cc1ccccc1)C(C)O[Si](C)(C)C(C)(C)C. The minimum atomic E-state index is -2.06. The number of imide groups is 1. The number of hydrogen-bond donors (Lipinski definition) is 0. The van der Waals surface area contributed by atoms with Gasteiger partial charge in [-0.15, -0.1) is 0 Å². The van der Waals surface area contributed by atoms with E-state index >= 15 is 0 Å². The summed E-state index contributed by atoms with van der Waals surface area (Å²) in [5.74, 6) is -0.322. The van der Waals surface area contributed by atoms with E-state index in [4.69, 9.17) is 9.16 Å².